The first-order valence-electron chi connectivity index (χ1n) is 4.11. The Bertz CT molecular complexity index is 424. The van der Waals surface area contributed by atoms with E-state index in [1.54, 1.807) is 0 Å². The number of benzene rings is 1. The Hall–Kier alpha value is -1.44. The molecule has 85 valence electrons. The fourth-order valence-corrected chi connectivity index (χ4v) is 1.16. The molecule has 1 aromatic carbocycles. The van der Waals surface area contributed by atoms with Crippen LogP contribution in [0.5, 0.6) is 11.5 Å². The highest BCUT2D eigenvalue weighted by Crippen LogP contribution is 2.46. The standard InChI is InChI=1S/C8H4BF4O3/c10-7(11)8(12,13)16-6-3-4(9-14)1-2-5(6)15-7/h1-3,14H. The van der Waals surface area contributed by atoms with Crippen molar-refractivity contribution >= 4 is 12.9 Å². The summed E-state index contributed by atoms with van der Waals surface area (Å²) in [5, 5.41) is 8.61. The predicted octanol–water partition coefficient (Wildman–Crippen LogP) is 0.880. The predicted molar refractivity (Wildman–Crippen MR) is 45.2 cm³/mol. The molecule has 1 N–H and O–H groups in total. The van der Waals surface area contributed by atoms with Gasteiger partial charge in [0.25, 0.3) is 0 Å². The summed E-state index contributed by atoms with van der Waals surface area (Å²) in [4.78, 5) is 0. The van der Waals surface area contributed by atoms with Crippen LogP contribution in [0.3, 0.4) is 0 Å². The van der Waals surface area contributed by atoms with Crippen molar-refractivity contribution in [2.75, 3.05) is 0 Å². The van der Waals surface area contributed by atoms with E-state index in [0.717, 1.165) is 12.1 Å². The minimum atomic E-state index is -4.74. The first kappa shape index (κ1) is 11.1. The molecule has 0 aliphatic carbocycles. The molecule has 1 aliphatic rings. The van der Waals surface area contributed by atoms with E-state index in [2.05, 4.69) is 9.47 Å². The maximum atomic E-state index is 12.7. The number of hydrogen-bond donors (Lipinski definition) is 1. The summed E-state index contributed by atoms with van der Waals surface area (Å²) >= 11 is 0. The Labute approximate surface area is 87.9 Å². The molecule has 0 fully saturated rings. The second-order valence-corrected chi connectivity index (χ2v) is 3.07. The lowest BCUT2D eigenvalue weighted by Gasteiger charge is -2.31. The minimum absolute atomic E-state index is 0.128. The number of halogens is 4. The van der Waals surface area contributed by atoms with Gasteiger partial charge >= 0.3 is 19.7 Å². The van der Waals surface area contributed by atoms with Crippen molar-refractivity contribution in [1.82, 2.24) is 0 Å². The highest BCUT2D eigenvalue weighted by molar-refractivity contribution is 6.45. The van der Waals surface area contributed by atoms with Crippen molar-refractivity contribution in [2.45, 2.75) is 12.2 Å². The van der Waals surface area contributed by atoms with Crippen LogP contribution in [0.1, 0.15) is 0 Å². The van der Waals surface area contributed by atoms with E-state index in [9.17, 15) is 17.6 Å². The molecule has 1 aliphatic heterocycles. The molecule has 1 radical (unpaired) electrons. The molecule has 0 aromatic heterocycles. The molecule has 2 rings (SSSR count). The van der Waals surface area contributed by atoms with Crippen LogP contribution in [0, 0.1) is 0 Å². The second kappa shape index (κ2) is 3.28. The summed E-state index contributed by atoms with van der Waals surface area (Å²) in [6, 6.07) is 3.17. The van der Waals surface area contributed by atoms with E-state index in [-0.39, 0.29) is 5.46 Å². The van der Waals surface area contributed by atoms with E-state index in [1.165, 1.54) is 6.07 Å². The van der Waals surface area contributed by atoms with E-state index in [1.807, 2.05) is 0 Å². The first-order valence-corrected chi connectivity index (χ1v) is 4.11. The molecular weight excluding hydrogens is 231 g/mol. The van der Waals surface area contributed by atoms with Crippen LogP contribution >= 0.6 is 0 Å². The van der Waals surface area contributed by atoms with Crippen LogP contribution in [0.15, 0.2) is 18.2 Å². The Morgan fingerprint density at radius 1 is 1.00 bits per heavy atom. The van der Waals surface area contributed by atoms with E-state index in [0.29, 0.717) is 7.48 Å². The zero-order chi connectivity index (χ0) is 12.0. The quantitative estimate of drug-likeness (QED) is 0.580. The van der Waals surface area contributed by atoms with Crippen molar-refractivity contribution in [2.24, 2.45) is 0 Å². The van der Waals surface area contributed by atoms with Gasteiger partial charge in [0, 0.05) is 0 Å². The Kier molecular flexibility index (Phi) is 2.27. The van der Waals surface area contributed by atoms with Crippen LogP contribution < -0.4 is 14.9 Å². The maximum Gasteiger partial charge on any atom is 0.507 e. The summed E-state index contributed by atoms with van der Waals surface area (Å²) in [6.45, 7) is 0. The maximum absolute atomic E-state index is 12.7. The molecule has 0 atom stereocenters. The number of rotatable bonds is 1. The molecule has 0 amide bonds. The van der Waals surface area contributed by atoms with Crippen molar-refractivity contribution in [3.63, 3.8) is 0 Å². The molecule has 3 nitrogen and oxygen atoms in total. The summed E-state index contributed by atoms with van der Waals surface area (Å²) < 4.78 is 58.5. The number of fused-ring (bicyclic) bond motifs is 1. The second-order valence-electron chi connectivity index (χ2n) is 3.07. The number of alkyl halides is 4. The summed E-state index contributed by atoms with van der Waals surface area (Å²) in [6.07, 6.45) is -9.46. The topological polar surface area (TPSA) is 38.7 Å². The monoisotopic (exact) mass is 235 g/mol. The summed E-state index contributed by atoms with van der Waals surface area (Å²) in [7, 11) is 0.620. The lowest BCUT2D eigenvalue weighted by molar-refractivity contribution is -0.391. The lowest BCUT2D eigenvalue weighted by atomic mass is 9.88. The van der Waals surface area contributed by atoms with Crippen LogP contribution in [-0.2, 0) is 0 Å². The number of ether oxygens (including phenoxy) is 2. The van der Waals surface area contributed by atoms with Gasteiger partial charge < -0.3 is 14.5 Å². The van der Waals surface area contributed by atoms with Gasteiger partial charge in [0.1, 0.15) is 0 Å². The highest BCUT2D eigenvalue weighted by Gasteiger charge is 2.65. The molecule has 1 aromatic rings. The fourth-order valence-electron chi connectivity index (χ4n) is 1.16. The van der Waals surface area contributed by atoms with Crippen molar-refractivity contribution in [3.05, 3.63) is 18.2 Å². The van der Waals surface area contributed by atoms with Gasteiger partial charge in [-0.1, -0.05) is 6.07 Å². The third-order valence-electron chi connectivity index (χ3n) is 1.93. The van der Waals surface area contributed by atoms with Gasteiger partial charge in [0.2, 0.25) is 0 Å². The molecule has 0 spiro atoms. The number of hydrogen-bond acceptors (Lipinski definition) is 3. The third kappa shape index (κ3) is 1.58. The third-order valence-corrected chi connectivity index (χ3v) is 1.93. The van der Waals surface area contributed by atoms with Crippen molar-refractivity contribution in [1.29, 1.82) is 0 Å². The van der Waals surface area contributed by atoms with E-state index in [4.69, 9.17) is 5.02 Å². The normalized spacial score (nSPS) is 20.3. The summed E-state index contributed by atoms with van der Waals surface area (Å²) in [5.41, 5.74) is 0.128. The zero-order valence-electron chi connectivity index (χ0n) is 7.58. The molecule has 0 bridgehead atoms. The van der Waals surface area contributed by atoms with Gasteiger partial charge in [0.15, 0.2) is 11.5 Å². The highest BCUT2D eigenvalue weighted by atomic mass is 19.3. The van der Waals surface area contributed by atoms with Crippen LogP contribution in [0.2, 0.25) is 0 Å². The molecule has 1 heterocycles. The van der Waals surface area contributed by atoms with Crippen molar-refractivity contribution < 1.29 is 32.1 Å². The molecule has 0 saturated heterocycles. The van der Waals surface area contributed by atoms with E-state index < -0.39 is 23.7 Å². The van der Waals surface area contributed by atoms with Gasteiger partial charge in [0.05, 0.1) is 0 Å². The smallest absolute Gasteiger partial charge is 0.450 e. The van der Waals surface area contributed by atoms with Gasteiger partial charge in [-0.15, -0.1) is 0 Å². The first-order chi connectivity index (χ1) is 7.36. The SMILES string of the molecule is O[B]c1ccc2c(c1)OC(F)(F)C(F)(F)O2. The Balaban J connectivity index is 2.43. The molecule has 16 heavy (non-hydrogen) atoms. The van der Waals surface area contributed by atoms with E-state index >= 15 is 0 Å². The summed E-state index contributed by atoms with van der Waals surface area (Å²) in [5.74, 6) is -1.07. The van der Waals surface area contributed by atoms with Crippen molar-refractivity contribution in [3.8, 4) is 11.5 Å². The lowest BCUT2D eigenvalue weighted by Crippen LogP contribution is -2.52. The van der Waals surface area contributed by atoms with Crippen LogP contribution in [0.25, 0.3) is 0 Å². The average molecular weight is 235 g/mol. The Morgan fingerprint density at radius 3 is 2.12 bits per heavy atom. The average Bonchev–Trinajstić information content (AvgIpc) is 2.18. The van der Waals surface area contributed by atoms with Crippen LogP contribution in [-0.4, -0.2) is 24.7 Å². The Morgan fingerprint density at radius 2 is 1.56 bits per heavy atom. The molecule has 0 saturated carbocycles. The minimum Gasteiger partial charge on any atom is -0.450 e. The van der Waals surface area contributed by atoms with Gasteiger partial charge in [-0.2, -0.15) is 17.6 Å². The fraction of sp³-hybridized carbons (Fsp3) is 0.250. The van der Waals surface area contributed by atoms with Gasteiger partial charge in [-0.05, 0) is 17.6 Å². The molecular formula is C8H4BF4O3. The zero-order valence-corrected chi connectivity index (χ0v) is 7.58. The van der Waals surface area contributed by atoms with Crippen LogP contribution in [0.4, 0.5) is 17.6 Å². The molecule has 8 heteroatoms. The largest absolute Gasteiger partial charge is 0.507 e. The van der Waals surface area contributed by atoms with Gasteiger partial charge in [-0.3, -0.25) is 0 Å². The molecule has 0 unspecified atom stereocenters. The van der Waals surface area contributed by atoms with Gasteiger partial charge in [-0.25, -0.2) is 0 Å².